The maximum atomic E-state index is 5.60. The summed E-state index contributed by atoms with van der Waals surface area (Å²) in [5.74, 6) is 1.04. The molecule has 1 heterocycles. The standard InChI is InChI=1S/C11H12N4O/c1-16-11-10(13-6-7-14-11)15-9-4-2-8(12)3-5-9/h2-7H,12H2,1H3,(H,13,15). The minimum absolute atomic E-state index is 0.458. The average molecular weight is 216 g/mol. The summed E-state index contributed by atoms with van der Waals surface area (Å²) >= 11 is 0. The Bertz CT molecular complexity index is 470. The van der Waals surface area contributed by atoms with Crippen LogP contribution in [0.25, 0.3) is 0 Å². The fraction of sp³-hybridized carbons (Fsp3) is 0.0909. The van der Waals surface area contributed by atoms with Gasteiger partial charge in [0.05, 0.1) is 7.11 Å². The van der Waals surface area contributed by atoms with Crippen molar-refractivity contribution < 1.29 is 4.74 Å². The van der Waals surface area contributed by atoms with Crippen LogP contribution in [0.1, 0.15) is 0 Å². The molecule has 0 saturated heterocycles. The highest BCUT2D eigenvalue weighted by atomic mass is 16.5. The van der Waals surface area contributed by atoms with E-state index < -0.39 is 0 Å². The SMILES string of the molecule is COc1nccnc1Nc1ccc(N)cc1. The average Bonchev–Trinajstić information content (AvgIpc) is 2.33. The van der Waals surface area contributed by atoms with Crippen LogP contribution in [0.15, 0.2) is 36.7 Å². The van der Waals surface area contributed by atoms with Crippen molar-refractivity contribution in [2.75, 3.05) is 18.2 Å². The predicted octanol–water partition coefficient (Wildman–Crippen LogP) is 1.81. The smallest absolute Gasteiger partial charge is 0.257 e. The van der Waals surface area contributed by atoms with E-state index in [1.54, 1.807) is 19.5 Å². The molecule has 0 aliphatic rings. The lowest BCUT2D eigenvalue weighted by atomic mass is 10.3. The Balaban J connectivity index is 2.23. The van der Waals surface area contributed by atoms with E-state index in [2.05, 4.69) is 15.3 Å². The summed E-state index contributed by atoms with van der Waals surface area (Å²) in [5, 5.41) is 3.10. The normalized spacial score (nSPS) is 9.81. The number of nitrogens with two attached hydrogens (primary N) is 1. The fourth-order valence-corrected chi connectivity index (χ4v) is 1.26. The van der Waals surface area contributed by atoms with Crippen molar-refractivity contribution in [3.63, 3.8) is 0 Å². The largest absolute Gasteiger partial charge is 0.478 e. The molecule has 0 unspecified atom stereocenters. The third kappa shape index (κ3) is 2.20. The van der Waals surface area contributed by atoms with Crippen molar-refractivity contribution in [1.82, 2.24) is 9.97 Å². The van der Waals surface area contributed by atoms with Crippen LogP contribution in [-0.4, -0.2) is 17.1 Å². The van der Waals surface area contributed by atoms with Gasteiger partial charge in [-0.2, -0.15) is 0 Å². The molecule has 0 fully saturated rings. The molecule has 5 heteroatoms. The molecule has 82 valence electrons. The Morgan fingerprint density at radius 2 is 1.81 bits per heavy atom. The molecule has 2 rings (SSSR count). The van der Waals surface area contributed by atoms with Crippen molar-refractivity contribution >= 4 is 17.2 Å². The summed E-state index contributed by atoms with van der Waals surface area (Å²) < 4.78 is 5.08. The monoisotopic (exact) mass is 216 g/mol. The van der Waals surface area contributed by atoms with Crippen molar-refractivity contribution in [1.29, 1.82) is 0 Å². The number of nitrogens with one attached hydrogen (secondary N) is 1. The zero-order valence-corrected chi connectivity index (χ0v) is 8.84. The van der Waals surface area contributed by atoms with E-state index in [1.165, 1.54) is 0 Å². The van der Waals surface area contributed by atoms with Crippen molar-refractivity contribution in [3.8, 4) is 5.88 Å². The van der Waals surface area contributed by atoms with Gasteiger partial charge in [-0.1, -0.05) is 0 Å². The summed E-state index contributed by atoms with van der Waals surface area (Å²) in [7, 11) is 1.55. The third-order valence-electron chi connectivity index (χ3n) is 2.03. The summed E-state index contributed by atoms with van der Waals surface area (Å²) in [6.07, 6.45) is 3.18. The molecule has 0 bridgehead atoms. The number of nitrogen functional groups attached to an aromatic ring is 1. The van der Waals surface area contributed by atoms with Crippen LogP contribution >= 0.6 is 0 Å². The molecule has 16 heavy (non-hydrogen) atoms. The quantitative estimate of drug-likeness (QED) is 0.765. The molecule has 2 aromatic rings. The minimum atomic E-state index is 0.458. The van der Waals surface area contributed by atoms with E-state index in [0.717, 1.165) is 11.4 Å². The van der Waals surface area contributed by atoms with Gasteiger partial charge in [-0.3, -0.25) is 0 Å². The van der Waals surface area contributed by atoms with Gasteiger partial charge in [-0.25, -0.2) is 9.97 Å². The number of nitrogens with zero attached hydrogens (tertiary/aromatic N) is 2. The van der Waals surface area contributed by atoms with Crippen LogP contribution in [0.4, 0.5) is 17.2 Å². The van der Waals surface area contributed by atoms with Gasteiger partial charge in [0.25, 0.3) is 5.88 Å². The first-order valence-electron chi connectivity index (χ1n) is 4.77. The number of aromatic nitrogens is 2. The van der Waals surface area contributed by atoms with Crippen LogP contribution in [0.3, 0.4) is 0 Å². The number of hydrogen-bond donors (Lipinski definition) is 2. The summed E-state index contributed by atoms with van der Waals surface area (Å²) in [4.78, 5) is 8.18. The lowest BCUT2D eigenvalue weighted by Crippen LogP contribution is -1.99. The van der Waals surface area contributed by atoms with Gasteiger partial charge in [0.15, 0.2) is 5.82 Å². The second-order valence-corrected chi connectivity index (χ2v) is 3.16. The van der Waals surface area contributed by atoms with Gasteiger partial charge in [0.2, 0.25) is 0 Å². The van der Waals surface area contributed by atoms with Gasteiger partial charge in [-0.15, -0.1) is 0 Å². The summed E-state index contributed by atoms with van der Waals surface area (Å²) in [6, 6.07) is 7.35. The zero-order valence-electron chi connectivity index (χ0n) is 8.84. The van der Waals surface area contributed by atoms with Crippen LogP contribution in [0.5, 0.6) is 5.88 Å². The molecular formula is C11H12N4O. The van der Waals surface area contributed by atoms with Gasteiger partial charge >= 0.3 is 0 Å². The second kappa shape index (κ2) is 4.48. The maximum absolute atomic E-state index is 5.60. The zero-order chi connectivity index (χ0) is 11.4. The number of benzene rings is 1. The highest BCUT2D eigenvalue weighted by Gasteiger charge is 2.04. The second-order valence-electron chi connectivity index (χ2n) is 3.16. The van der Waals surface area contributed by atoms with Crippen LogP contribution in [0.2, 0.25) is 0 Å². The van der Waals surface area contributed by atoms with Crippen molar-refractivity contribution in [2.45, 2.75) is 0 Å². The fourth-order valence-electron chi connectivity index (χ4n) is 1.26. The van der Waals surface area contributed by atoms with E-state index in [-0.39, 0.29) is 0 Å². The molecule has 0 atom stereocenters. The highest BCUT2D eigenvalue weighted by Crippen LogP contribution is 2.22. The van der Waals surface area contributed by atoms with Gasteiger partial charge < -0.3 is 15.8 Å². The number of anilines is 3. The topological polar surface area (TPSA) is 73.1 Å². The molecule has 0 amide bonds. The van der Waals surface area contributed by atoms with E-state index in [9.17, 15) is 0 Å². The first kappa shape index (κ1) is 10.2. The van der Waals surface area contributed by atoms with Crippen LogP contribution in [0, 0.1) is 0 Å². The Morgan fingerprint density at radius 1 is 1.12 bits per heavy atom. The van der Waals surface area contributed by atoms with Crippen LogP contribution in [-0.2, 0) is 0 Å². The van der Waals surface area contributed by atoms with E-state index >= 15 is 0 Å². The lowest BCUT2D eigenvalue weighted by molar-refractivity contribution is 0.398. The summed E-state index contributed by atoms with van der Waals surface area (Å²) in [6.45, 7) is 0. The molecule has 0 saturated carbocycles. The molecule has 3 N–H and O–H groups in total. The first-order chi connectivity index (χ1) is 7.79. The number of ether oxygens (including phenoxy) is 1. The molecule has 0 spiro atoms. The van der Waals surface area contributed by atoms with E-state index in [0.29, 0.717) is 11.7 Å². The number of rotatable bonds is 3. The molecule has 5 nitrogen and oxygen atoms in total. The Kier molecular flexibility index (Phi) is 2.86. The number of methoxy groups -OCH3 is 1. The van der Waals surface area contributed by atoms with Gasteiger partial charge in [0, 0.05) is 23.8 Å². The lowest BCUT2D eigenvalue weighted by Gasteiger charge is -2.08. The van der Waals surface area contributed by atoms with E-state index in [1.807, 2.05) is 24.3 Å². The Morgan fingerprint density at radius 3 is 2.50 bits per heavy atom. The highest BCUT2D eigenvalue weighted by molar-refractivity contribution is 5.62. The Labute approximate surface area is 93.3 Å². The van der Waals surface area contributed by atoms with Gasteiger partial charge in [0.1, 0.15) is 0 Å². The third-order valence-corrected chi connectivity index (χ3v) is 2.03. The molecular weight excluding hydrogens is 204 g/mol. The molecule has 1 aromatic carbocycles. The molecule has 0 radical (unpaired) electrons. The number of hydrogen-bond acceptors (Lipinski definition) is 5. The molecule has 0 aliphatic carbocycles. The maximum Gasteiger partial charge on any atom is 0.257 e. The van der Waals surface area contributed by atoms with Crippen molar-refractivity contribution in [3.05, 3.63) is 36.7 Å². The summed E-state index contributed by atoms with van der Waals surface area (Å²) in [5.41, 5.74) is 7.20. The molecule has 1 aromatic heterocycles. The van der Waals surface area contributed by atoms with Crippen LogP contribution < -0.4 is 15.8 Å². The van der Waals surface area contributed by atoms with Gasteiger partial charge in [-0.05, 0) is 24.3 Å². The predicted molar refractivity (Wildman–Crippen MR) is 62.7 cm³/mol. The Hall–Kier alpha value is -2.30. The first-order valence-corrected chi connectivity index (χ1v) is 4.77. The van der Waals surface area contributed by atoms with Crippen molar-refractivity contribution in [2.24, 2.45) is 0 Å². The molecule has 0 aliphatic heterocycles. The minimum Gasteiger partial charge on any atom is -0.478 e. The van der Waals surface area contributed by atoms with E-state index in [4.69, 9.17) is 10.5 Å².